The Morgan fingerprint density at radius 1 is 0.550 bits per heavy atom. The van der Waals surface area contributed by atoms with Crippen molar-refractivity contribution in [3.63, 3.8) is 0 Å². The maximum absolute atomic E-state index is 12.2. The second-order valence-corrected chi connectivity index (χ2v) is 12.4. The van der Waals surface area contributed by atoms with Crippen LogP contribution in [-0.2, 0) is 28.2 Å². The van der Waals surface area contributed by atoms with Gasteiger partial charge in [-0.15, -0.1) is 0 Å². The summed E-state index contributed by atoms with van der Waals surface area (Å²) in [6.07, 6.45) is 25.5. The Morgan fingerprint density at radius 3 is 1.27 bits per heavy atom. The first kappa shape index (κ1) is 39.0. The fourth-order valence-electron chi connectivity index (χ4n) is 4.67. The summed E-state index contributed by atoms with van der Waals surface area (Å²) in [6, 6.07) is 0. The van der Waals surface area contributed by atoms with E-state index in [9.17, 15) is 14.2 Å². The fourth-order valence-corrected chi connectivity index (χ4v) is 5.03. The fraction of sp³-hybridized carbons (Fsp3) is 0.935. The van der Waals surface area contributed by atoms with Gasteiger partial charge in [0.15, 0.2) is 6.10 Å². The number of phosphoric acid groups is 1. The molecule has 238 valence electrons. The molecule has 0 spiro atoms. The predicted octanol–water partition coefficient (Wildman–Crippen LogP) is 8.95. The van der Waals surface area contributed by atoms with Crippen LogP contribution in [0.3, 0.4) is 0 Å². The lowest BCUT2D eigenvalue weighted by Gasteiger charge is -2.18. The molecule has 1 atom stereocenters. The lowest BCUT2D eigenvalue weighted by molar-refractivity contribution is -0.161. The van der Waals surface area contributed by atoms with Crippen molar-refractivity contribution in [3.8, 4) is 0 Å². The zero-order valence-electron chi connectivity index (χ0n) is 25.8. The predicted molar refractivity (Wildman–Crippen MR) is 161 cm³/mol. The number of carbonyl (C=O) groups excluding carboxylic acids is 2. The van der Waals surface area contributed by atoms with Crippen molar-refractivity contribution in [2.24, 2.45) is 0 Å². The molecular weight excluding hydrogens is 531 g/mol. The number of unbranched alkanes of at least 4 members (excludes halogenated alkanes) is 20. The maximum atomic E-state index is 12.2. The first-order chi connectivity index (χ1) is 19.3. The minimum atomic E-state index is -4.73. The van der Waals surface area contributed by atoms with E-state index >= 15 is 0 Å². The van der Waals surface area contributed by atoms with Crippen molar-refractivity contribution in [3.05, 3.63) is 0 Å². The molecule has 0 aliphatic carbocycles. The molecule has 8 nitrogen and oxygen atoms in total. The molecule has 0 aromatic heterocycles. The second kappa shape index (κ2) is 28.2. The summed E-state index contributed by atoms with van der Waals surface area (Å²) in [5.41, 5.74) is 0. The number of ether oxygens (including phenoxy) is 2. The van der Waals surface area contributed by atoms with Gasteiger partial charge in [0.1, 0.15) is 6.61 Å². The average Bonchev–Trinajstić information content (AvgIpc) is 2.91. The summed E-state index contributed by atoms with van der Waals surface area (Å²) in [5, 5.41) is 0. The van der Waals surface area contributed by atoms with Crippen LogP contribution in [-0.4, -0.2) is 41.0 Å². The molecule has 40 heavy (non-hydrogen) atoms. The summed E-state index contributed by atoms with van der Waals surface area (Å²) in [4.78, 5) is 42.4. The third kappa shape index (κ3) is 30.0. The molecule has 0 saturated carbocycles. The molecule has 0 radical (unpaired) electrons. The largest absolute Gasteiger partial charge is 0.469 e. The maximum Gasteiger partial charge on any atom is 0.469 e. The van der Waals surface area contributed by atoms with Crippen molar-refractivity contribution in [1.29, 1.82) is 0 Å². The van der Waals surface area contributed by atoms with Gasteiger partial charge in [0.2, 0.25) is 0 Å². The second-order valence-electron chi connectivity index (χ2n) is 11.2. The summed E-state index contributed by atoms with van der Waals surface area (Å²) in [6.45, 7) is 3.64. The van der Waals surface area contributed by atoms with Crippen LogP contribution in [0.1, 0.15) is 168 Å². The van der Waals surface area contributed by atoms with Crippen LogP contribution in [0.25, 0.3) is 0 Å². The van der Waals surface area contributed by atoms with Crippen molar-refractivity contribution < 1.29 is 37.9 Å². The van der Waals surface area contributed by atoms with Crippen molar-refractivity contribution in [2.75, 3.05) is 13.2 Å². The van der Waals surface area contributed by atoms with E-state index in [-0.39, 0.29) is 19.4 Å². The van der Waals surface area contributed by atoms with Crippen molar-refractivity contribution in [1.82, 2.24) is 0 Å². The highest BCUT2D eigenvalue weighted by atomic mass is 31.2. The van der Waals surface area contributed by atoms with E-state index in [1.807, 2.05) is 0 Å². The molecule has 0 fully saturated rings. The Labute approximate surface area is 244 Å². The summed E-state index contributed by atoms with van der Waals surface area (Å²) in [5.74, 6) is -0.881. The summed E-state index contributed by atoms with van der Waals surface area (Å²) < 4.78 is 26.1. The molecule has 0 aromatic rings. The smallest absolute Gasteiger partial charge is 0.462 e. The highest BCUT2D eigenvalue weighted by Crippen LogP contribution is 2.35. The van der Waals surface area contributed by atoms with Gasteiger partial charge in [-0.05, 0) is 12.8 Å². The molecule has 0 aliphatic heterocycles. The number of rotatable bonds is 30. The number of esters is 2. The standard InChI is InChI=1S/C31H61O8P/c1-3-5-7-9-11-13-14-15-16-18-19-21-23-25-30(32)37-27-29(28-38-40(34,35)36)39-31(33)26-24-22-20-17-12-10-8-6-4-2/h29H,3-28H2,1-2H3,(H2,34,35,36)/t29-/m1/s1. The van der Waals surface area contributed by atoms with E-state index in [1.165, 1.54) is 96.3 Å². The molecule has 2 N–H and O–H groups in total. The van der Waals surface area contributed by atoms with Crippen molar-refractivity contribution >= 4 is 19.8 Å². The van der Waals surface area contributed by atoms with Gasteiger partial charge < -0.3 is 19.3 Å². The number of hydrogen-bond acceptors (Lipinski definition) is 6. The van der Waals surface area contributed by atoms with Crippen LogP contribution in [0.2, 0.25) is 0 Å². The van der Waals surface area contributed by atoms with E-state index in [4.69, 9.17) is 19.3 Å². The van der Waals surface area contributed by atoms with Gasteiger partial charge in [0.05, 0.1) is 6.61 Å². The highest BCUT2D eigenvalue weighted by Gasteiger charge is 2.22. The summed E-state index contributed by atoms with van der Waals surface area (Å²) >= 11 is 0. The number of hydrogen-bond donors (Lipinski definition) is 2. The van der Waals surface area contributed by atoms with Crippen LogP contribution >= 0.6 is 7.82 Å². The first-order valence-electron chi connectivity index (χ1n) is 16.3. The lowest BCUT2D eigenvalue weighted by Crippen LogP contribution is -2.29. The van der Waals surface area contributed by atoms with Gasteiger partial charge in [-0.25, -0.2) is 4.57 Å². The van der Waals surface area contributed by atoms with Gasteiger partial charge in [-0.2, -0.15) is 0 Å². The van der Waals surface area contributed by atoms with Gasteiger partial charge in [0.25, 0.3) is 0 Å². The van der Waals surface area contributed by atoms with Gasteiger partial charge in [0, 0.05) is 12.8 Å². The van der Waals surface area contributed by atoms with E-state index in [1.54, 1.807) is 0 Å². The van der Waals surface area contributed by atoms with E-state index in [0.717, 1.165) is 38.5 Å². The Bertz CT molecular complexity index is 637. The minimum Gasteiger partial charge on any atom is -0.462 e. The van der Waals surface area contributed by atoms with Crippen molar-refractivity contribution in [2.45, 2.75) is 174 Å². The van der Waals surface area contributed by atoms with Crippen LogP contribution in [0.4, 0.5) is 0 Å². The Kier molecular flexibility index (Phi) is 27.5. The zero-order chi connectivity index (χ0) is 29.7. The number of phosphoric ester groups is 1. The minimum absolute atomic E-state index is 0.217. The average molecular weight is 593 g/mol. The quantitative estimate of drug-likeness (QED) is 0.0482. The van der Waals surface area contributed by atoms with E-state index in [2.05, 4.69) is 18.4 Å². The molecule has 0 unspecified atom stereocenters. The highest BCUT2D eigenvalue weighted by molar-refractivity contribution is 7.46. The van der Waals surface area contributed by atoms with Gasteiger partial charge in [-0.3, -0.25) is 14.1 Å². The van der Waals surface area contributed by atoms with Crippen LogP contribution < -0.4 is 0 Å². The molecule has 0 bridgehead atoms. The molecule has 0 rings (SSSR count). The van der Waals surface area contributed by atoms with Gasteiger partial charge in [-0.1, -0.05) is 142 Å². The topological polar surface area (TPSA) is 119 Å². The van der Waals surface area contributed by atoms with Gasteiger partial charge >= 0.3 is 19.8 Å². The van der Waals surface area contributed by atoms with E-state index < -0.39 is 32.5 Å². The molecule has 0 aliphatic rings. The van der Waals surface area contributed by atoms with E-state index in [0.29, 0.717) is 6.42 Å². The number of carbonyl (C=O) groups is 2. The van der Waals surface area contributed by atoms with Crippen LogP contribution in [0.15, 0.2) is 0 Å². The van der Waals surface area contributed by atoms with Crippen LogP contribution in [0, 0.1) is 0 Å². The normalized spacial score (nSPS) is 12.4. The monoisotopic (exact) mass is 592 g/mol. The zero-order valence-corrected chi connectivity index (χ0v) is 26.6. The lowest BCUT2D eigenvalue weighted by atomic mass is 10.0. The Morgan fingerprint density at radius 2 is 0.900 bits per heavy atom. The molecule has 0 heterocycles. The molecule has 0 saturated heterocycles. The third-order valence-corrected chi connectivity index (χ3v) is 7.61. The summed E-state index contributed by atoms with van der Waals surface area (Å²) in [7, 11) is -4.73. The molecule has 9 heteroatoms. The third-order valence-electron chi connectivity index (χ3n) is 7.13. The SMILES string of the molecule is CCCCCCCCCCCCCCCC(=O)OC[C@H](COP(=O)(O)O)OC(=O)CCCCCCCCCCC. The molecule has 0 amide bonds. The Balaban J connectivity index is 3.98. The first-order valence-corrected chi connectivity index (χ1v) is 17.9. The van der Waals surface area contributed by atoms with Crippen LogP contribution in [0.5, 0.6) is 0 Å². The molecular formula is C31H61O8P. The molecule has 0 aromatic carbocycles. The Hall–Kier alpha value is -0.950.